The van der Waals surface area contributed by atoms with E-state index in [1.54, 1.807) is 6.20 Å². The summed E-state index contributed by atoms with van der Waals surface area (Å²) >= 11 is 0. The van der Waals surface area contributed by atoms with E-state index in [0.29, 0.717) is 0 Å². The van der Waals surface area contributed by atoms with Crippen molar-refractivity contribution in [1.82, 2.24) is 9.55 Å². The predicted octanol–water partition coefficient (Wildman–Crippen LogP) is 9.66. The van der Waals surface area contributed by atoms with E-state index in [-0.39, 0.29) is 36.4 Å². The molecule has 0 saturated heterocycles. The molecule has 238 valence electrons. The molecule has 0 bridgehead atoms. The van der Waals surface area contributed by atoms with E-state index in [0.717, 1.165) is 11.3 Å². The van der Waals surface area contributed by atoms with E-state index in [1.807, 2.05) is 42.5 Å². The van der Waals surface area contributed by atoms with Gasteiger partial charge in [-0.2, -0.15) is 17.7 Å². The van der Waals surface area contributed by atoms with Crippen LogP contribution in [0.1, 0.15) is 87.8 Å². The largest absolute Gasteiger partial charge is 3.00 e. The standard InChI is InChI=1S/C32H35N2.C11H8N.Ir/c1-20-11-9-12-21(2)28(20)33-19-34-27-18-24-23(30(3,4)15-16-31(24,5)6)17-25(27)32(7,8)22-13-10-14-26(33)29(22)34;1-2-6-10(7-3-1)11-8-4-5-9-12-11;/h9-14,17H,15-16H2,1-8H3;1-6,8-9H;/q2*-1;+3. The monoisotopic (exact) mass is 794 g/mol. The predicted molar refractivity (Wildman–Crippen MR) is 188 cm³/mol. The van der Waals surface area contributed by atoms with Gasteiger partial charge in [-0.15, -0.1) is 47.0 Å². The number of hydrogen-bond acceptors (Lipinski definition) is 1. The van der Waals surface area contributed by atoms with Crippen molar-refractivity contribution < 1.29 is 24.7 Å². The molecule has 47 heavy (non-hydrogen) atoms. The van der Waals surface area contributed by atoms with Crippen LogP contribution in [0.5, 0.6) is 0 Å². The van der Waals surface area contributed by atoms with Gasteiger partial charge in [-0.3, -0.25) is 4.57 Å². The van der Waals surface area contributed by atoms with Crippen molar-refractivity contribution in [2.75, 3.05) is 0 Å². The Morgan fingerprint density at radius 3 is 2.13 bits per heavy atom. The van der Waals surface area contributed by atoms with Gasteiger partial charge in [0.1, 0.15) is 0 Å². The summed E-state index contributed by atoms with van der Waals surface area (Å²) in [6.07, 6.45) is 7.97. The smallest absolute Gasteiger partial charge is 0.314 e. The summed E-state index contributed by atoms with van der Waals surface area (Å²) in [5.41, 5.74) is 15.1. The Hall–Kier alpha value is -3.85. The number of hydrogen-bond donors (Lipinski definition) is 0. The molecule has 0 spiro atoms. The Labute approximate surface area is 294 Å². The molecule has 1 aliphatic heterocycles. The third kappa shape index (κ3) is 5.50. The van der Waals surface area contributed by atoms with Crippen LogP contribution in [0.4, 0.5) is 0 Å². The molecule has 3 heterocycles. The van der Waals surface area contributed by atoms with E-state index in [4.69, 9.17) is 0 Å². The number of para-hydroxylation sites is 2. The maximum absolute atomic E-state index is 4.22. The number of nitrogens with zero attached hydrogens (tertiary/aromatic N) is 3. The Morgan fingerprint density at radius 1 is 0.745 bits per heavy atom. The molecule has 0 unspecified atom stereocenters. The quantitative estimate of drug-likeness (QED) is 0.127. The fourth-order valence-corrected chi connectivity index (χ4v) is 7.51. The number of aromatic nitrogens is 3. The number of fused-ring (bicyclic) bond motifs is 3. The molecule has 0 radical (unpaired) electrons. The number of pyridine rings is 1. The molecule has 4 aromatic carbocycles. The van der Waals surface area contributed by atoms with Crippen molar-refractivity contribution in [1.29, 1.82) is 0 Å². The zero-order chi connectivity index (χ0) is 32.4. The summed E-state index contributed by atoms with van der Waals surface area (Å²) < 4.78 is 4.58. The number of imidazole rings is 1. The van der Waals surface area contributed by atoms with Gasteiger partial charge in [-0.05, 0) is 65.2 Å². The van der Waals surface area contributed by atoms with Gasteiger partial charge in [-0.1, -0.05) is 102 Å². The van der Waals surface area contributed by atoms with Gasteiger partial charge < -0.3 is 9.55 Å². The van der Waals surface area contributed by atoms with Crippen LogP contribution in [0, 0.1) is 32.3 Å². The van der Waals surface area contributed by atoms with Crippen LogP contribution >= 0.6 is 0 Å². The van der Waals surface area contributed by atoms with Gasteiger partial charge in [-0.25, -0.2) is 0 Å². The third-order valence-corrected chi connectivity index (χ3v) is 10.4. The molecule has 0 fully saturated rings. The molecule has 2 aromatic heterocycles. The molecule has 0 amide bonds. The molecule has 6 aromatic rings. The molecule has 4 heteroatoms. The number of benzene rings is 4. The second-order valence-electron chi connectivity index (χ2n) is 14.9. The van der Waals surface area contributed by atoms with Crippen molar-refractivity contribution in [3.63, 3.8) is 0 Å². The minimum Gasteiger partial charge on any atom is -0.314 e. The number of aryl methyl sites for hydroxylation is 2. The molecule has 3 nitrogen and oxygen atoms in total. The third-order valence-electron chi connectivity index (χ3n) is 10.4. The average Bonchev–Trinajstić information content (AvgIpc) is 3.43. The summed E-state index contributed by atoms with van der Waals surface area (Å²) in [6.45, 7) is 18.7. The van der Waals surface area contributed by atoms with Crippen molar-refractivity contribution in [3.05, 3.63) is 143 Å². The Morgan fingerprint density at radius 2 is 1.45 bits per heavy atom. The first-order valence-corrected chi connectivity index (χ1v) is 16.5. The van der Waals surface area contributed by atoms with Gasteiger partial charge >= 0.3 is 20.1 Å². The summed E-state index contributed by atoms with van der Waals surface area (Å²) in [5, 5.41) is 0. The van der Waals surface area contributed by atoms with Crippen LogP contribution < -0.4 is 4.57 Å². The fourth-order valence-electron chi connectivity index (χ4n) is 7.51. The van der Waals surface area contributed by atoms with Crippen LogP contribution in [-0.4, -0.2) is 9.55 Å². The first kappa shape index (κ1) is 33.1. The maximum Gasteiger partial charge on any atom is 3.00 e. The van der Waals surface area contributed by atoms with Crippen LogP contribution in [0.2, 0.25) is 0 Å². The van der Waals surface area contributed by atoms with Crippen molar-refractivity contribution >= 4 is 11.0 Å². The summed E-state index contributed by atoms with van der Waals surface area (Å²) in [7, 11) is 0. The summed E-state index contributed by atoms with van der Waals surface area (Å²) in [4.78, 5) is 4.22. The van der Waals surface area contributed by atoms with Crippen LogP contribution in [-0.2, 0) is 36.4 Å². The van der Waals surface area contributed by atoms with Crippen molar-refractivity contribution in [2.45, 2.75) is 84.5 Å². The van der Waals surface area contributed by atoms with Crippen LogP contribution in [0.3, 0.4) is 0 Å². The second kappa shape index (κ2) is 12.0. The Kier molecular flexibility index (Phi) is 8.44. The van der Waals surface area contributed by atoms with E-state index in [2.05, 4.69) is 130 Å². The molecule has 1 aliphatic carbocycles. The van der Waals surface area contributed by atoms with E-state index < -0.39 is 0 Å². The normalized spacial score (nSPS) is 16.3. The Bertz CT molecular complexity index is 2030. The van der Waals surface area contributed by atoms with Gasteiger partial charge in [0.25, 0.3) is 6.33 Å². The SMILES string of the molecule is Cc1cccc(C)c1-n1[c-][n+]2c3c(cccc31)C(C)(C)c1cc3c([c-]c1-2)C(C)(C)CCC3(C)C.[Ir+3].[c-]1ccccc1-c1ccccn1. The molecule has 0 saturated carbocycles. The molecular weight excluding hydrogens is 751 g/mol. The van der Waals surface area contributed by atoms with Gasteiger partial charge in [0, 0.05) is 6.20 Å². The van der Waals surface area contributed by atoms with E-state index >= 15 is 0 Å². The summed E-state index contributed by atoms with van der Waals surface area (Å²) in [5.74, 6) is 0. The first-order chi connectivity index (χ1) is 21.9. The second-order valence-corrected chi connectivity index (χ2v) is 14.9. The molecule has 2 aliphatic rings. The van der Waals surface area contributed by atoms with Crippen LogP contribution in [0.15, 0.2) is 91.1 Å². The number of rotatable bonds is 2. The summed E-state index contributed by atoms with van der Waals surface area (Å²) in [6, 6.07) is 36.6. The first-order valence-electron chi connectivity index (χ1n) is 16.5. The topological polar surface area (TPSA) is 21.7 Å². The van der Waals surface area contributed by atoms with Gasteiger partial charge in [0.15, 0.2) is 0 Å². The zero-order valence-electron chi connectivity index (χ0n) is 28.7. The molecule has 8 rings (SSSR count). The minimum absolute atomic E-state index is 0. The zero-order valence-corrected chi connectivity index (χ0v) is 31.1. The van der Waals surface area contributed by atoms with Crippen molar-refractivity contribution in [3.8, 4) is 22.6 Å². The minimum atomic E-state index is -0.112. The van der Waals surface area contributed by atoms with Gasteiger partial charge in [0.2, 0.25) is 0 Å². The fraction of sp³-hybridized carbons (Fsp3) is 0.302. The van der Waals surface area contributed by atoms with E-state index in [9.17, 15) is 0 Å². The Balaban J connectivity index is 0.000000250. The van der Waals surface area contributed by atoms with Crippen LogP contribution in [0.25, 0.3) is 33.7 Å². The van der Waals surface area contributed by atoms with Gasteiger partial charge in [0.05, 0.1) is 16.7 Å². The average molecular weight is 794 g/mol. The molecule has 0 atom stereocenters. The van der Waals surface area contributed by atoms with E-state index in [1.165, 1.54) is 68.6 Å². The molecular formula is C43H43IrN3+. The maximum atomic E-state index is 4.22. The van der Waals surface area contributed by atoms with Crippen molar-refractivity contribution in [2.24, 2.45) is 0 Å². The molecule has 0 N–H and O–H groups in total.